The van der Waals surface area contributed by atoms with Gasteiger partial charge in [-0.25, -0.2) is 4.39 Å². The van der Waals surface area contributed by atoms with E-state index < -0.39 is 0 Å². The molecule has 1 atom stereocenters. The van der Waals surface area contributed by atoms with Crippen molar-refractivity contribution in [1.82, 2.24) is 5.43 Å². The molecule has 84 valence electrons. The van der Waals surface area contributed by atoms with Gasteiger partial charge in [0.15, 0.2) is 0 Å². The van der Waals surface area contributed by atoms with Crippen molar-refractivity contribution in [1.29, 1.82) is 0 Å². The van der Waals surface area contributed by atoms with Crippen LogP contribution >= 0.6 is 0 Å². The topological polar surface area (TPSA) is 38.0 Å². The van der Waals surface area contributed by atoms with Crippen molar-refractivity contribution in [2.24, 2.45) is 5.84 Å². The first-order chi connectivity index (χ1) is 7.17. The first-order valence-corrected chi connectivity index (χ1v) is 5.38. The Morgan fingerprint density at radius 3 is 2.73 bits per heavy atom. The molecule has 0 aliphatic carbocycles. The summed E-state index contributed by atoms with van der Waals surface area (Å²) in [6, 6.07) is 5.18. The highest BCUT2D eigenvalue weighted by molar-refractivity contribution is 5.27. The first kappa shape index (κ1) is 12.1. The zero-order valence-electron chi connectivity index (χ0n) is 9.39. The summed E-state index contributed by atoms with van der Waals surface area (Å²) in [5.74, 6) is 5.29. The summed E-state index contributed by atoms with van der Waals surface area (Å²) < 4.78 is 12.9. The molecule has 0 heterocycles. The van der Waals surface area contributed by atoms with Crippen LogP contribution in [0.25, 0.3) is 0 Å². The minimum absolute atomic E-state index is 0.177. The van der Waals surface area contributed by atoms with E-state index in [1.54, 1.807) is 6.07 Å². The van der Waals surface area contributed by atoms with Crippen LogP contribution in [0.4, 0.5) is 4.39 Å². The molecule has 0 fully saturated rings. The Hall–Kier alpha value is -0.930. The molecule has 0 radical (unpaired) electrons. The molecule has 0 saturated carbocycles. The van der Waals surface area contributed by atoms with Crippen molar-refractivity contribution in [3.05, 3.63) is 35.1 Å². The molecule has 0 aromatic heterocycles. The molecule has 0 aliphatic heterocycles. The molecule has 1 aromatic carbocycles. The lowest BCUT2D eigenvalue weighted by Crippen LogP contribution is -2.36. The molecule has 0 spiro atoms. The number of aryl methyl sites for hydroxylation is 1. The highest BCUT2D eigenvalue weighted by Gasteiger charge is 2.08. The molecule has 3 heteroatoms. The van der Waals surface area contributed by atoms with Crippen molar-refractivity contribution < 1.29 is 4.39 Å². The fourth-order valence-corrected chi connectivity index (χ4v) is 1.75. The molecule has 15 heavy (non-hydrogen) atoms. The van der Waals surface area contributed by atoms with Gasteiger partial charge in [0.2, 0.25) is 0 Å². The van der Waals surface area contributed by atoms with E-state index in [0.717, 1.165) is 30.4 Å². The Kier molecular flexibility index (Phi) is 4.72. The number of benzene rings is 1. The van der Waals surface area contributed by atoms with Gasteiger partial charge in [0.05, 0.1) is 0 Å². The van der Waals surface area contributed by atoms with Crippen molar-refractivity contribution in [3.8, 4) is 0 Å². The van der Waals surface area contributed by atoms with Gasteiger partial charge in [0.1, 0.15) is 5.82 Å². The smallest absolute Gasteiger partial charge is 0.123 e. The average molecular weight is 210 g/mol. The number of rotatable bonds is 5. The van der Waals surface area contributed by atoms with E-state index >= 15 is 0 Å². The number of hydrogen-bond donors (Lipinski definition) is 2. The number of nitrogens with two attached hydrogens (primary N) is 1. The van der Waals surface area contributed by atoms with Gasteiger partial charge in [-0.1, -0.05) is 19.4 Å². The minimum atomic E-state index is -0.177. The fourth-order valence-electron chi connectivity index (χ4n) is 1.75. The fraction of sp³-hybridized carbons (Fsp3) is 0.500. The third kappa shape index (κ3) is 3.61. The molecule has 1 unspecified atom stereocenters. The second-order valence-corrected chi connectivity index (χ2v) is 3.93. The summed E-state index contributed by atoms with van der Waals surface area (Å²) in [5, 5.41) is 0. The number of halogens is 1. The number of nitrogens with one attached hydrogen (secondary N) is 1. The molecular formula is C12H19FN2. The van der Waals surface area contributed by atoms with E-state index in [1.807, 2.05) is 13.0 Å². The maximum absolute atomic E-state index is 12.9. The van der Waals surface area contributed by atoms with Crippen LogP contribution < -0.4 is 11.3 Å². The molecular weight excluding hydrogens is 191 g/mol. The predicted octanol–water partition coefficient (Wildman–Crippen LogP) is 2.31. The molecule has 2 nitrogen and oxygen atoms in total. The normalized spacial score (nSPS) is 12.8. The van der Waals surface area contributed by atoms with Gasteiger partial charge in [-0.05, 0) is 43.0 Å². The summed E-state index contributed by atoms with van der Waals surface area (Å²) in [4.78, 5) is 0. The van der Waals surface area contributed by atoms with Crippen LogP contribution in [-0.2, 0) is 6.42 Å². The van der Waals surface area contributed by atoms with E-state index in [2.05, 4.69) is 12.3 Å². The van der Waals surface area contributed by atoms with Crippen LogP contribution in [-0.4, -0.2) is 6.04 Å². The van der Waals surface area contributed by atoms with Crippen LogP contribution in [0.3, 0.4) is 0 Å². The number of hydrazine groups is 1. The second-order valence-electron chi connectivity index (χ2n) is 3.93. The third-order valence-corrected chi connectivity index (χ3v) is 2.64. The van der Waals surface area contributed by atoms with E-state index in [0.29, 0.717) is 0 Å². The van der Waals surface area contributed by atoms with Crippen LogP contribution in [0.15, 0.2) is 18.2 Å². The van der Waals surface area contributed by atoms with Crippen molar-refractivity contribution in [2.45, 2.75) is 39.2 Å². The van der Waals surface area contributed by atoms with Crippen LogP contribution in [0.2, 0.25) is 0 Å². The van der Waals surface area contributed by atoms with E-state index in [1.165, 1.54) is 6.07 Å². The summed E-state index contributed by atoms with van der Waals surface area (Å²) >= 11 is 0. The van der Waals surface area contributed by atoms with Gasteiger partial charge in [-0.15, -0.1) is 0 Å². The molecule has 3 N–H and O–H groups in total. The zero-order chi connectivity index (χ0) is 11.3. The van der Waals surface area contributed by atoms with Gasteiger partial charge < -0.3 is 0 Å². The van der Waals surface area contributed by atoms with Crippen molar-refractivity contribution in [2.75, 3.05) is 0 Å². The van der Waals surface area contributed by atoms with Crippen LogP contribution in [0, 0.1) is 12.7 Å². The van der Waals surface area contributed by atoms with Gasteiger partial charge in [0.25, 0.3) is 0 Å². The maximum Gasteiger partial charge on any atom is 0.123 e. The quantitative estimate of drug-likeness (QED) is 0.578. The second kappa shape index (κ2) is 5.83. The van der Waals surface area contributed by atoms with Gasteiger partial charge in [-0.3, -0.25) is 11.3 Å². The summed E-state index contributed by atoms with van der Waals surface area (Å²) in [6.45, 7) is 4.06. The maximum atomic E-state index is 12.9. The highest BCUT2D eigenvalue weighted by atomic mass is 19.1. The Labute approximate surface area is 90.6 Å². The van der Waals surface area contributed by atoms with Crippen molar-refractivity contribution >= 4 is 0 Å². The monoisotopic (exact) mass is 210 g/mol. The van der Waals surface area contributed by atoms with Gasteiger partial charge in [-0.2, -0.15) is 0 Å². The largest absolute Gasteiger partial charge is 0.271 e. The Morgan fingerprint density at radius 2 is 2.20 bits per heavy atom. The van der Waals surface area contributed by atoms with Crippen LogP contribution in [0.1, 0.15) is 30.9 Å². The molecule has 1 rings (SSSR count). The highest BCUT2D eigenvalue weighted by Crippen LogP contribution is 2.13. The Morgan fingerprint density at radius 1 is 1.47 bits per heavy atom. The standard InChI is InChI=1S/C12H19FN2/c1-3-4-12(15-14)8-10-5-6-11(13)7-9(10)2/h5-7,12,15H,3-4,8,14H2,1-2H3. The van der Waals surface area contributed by atoms with E-state index in [-0.39, 0.29) is 11.9 Å². The Balaban J connectivity index is 2.70. The summed E-state index contributed by atoms with van der Waals surface area (Å²) in [6.07, 6.45) is 2.98. The molecule has 0 saturated heterocycles. The third-order valence-electron chi connectivity index (χ3n) is 2.64. The Bertz CT molecular complexity index is 312. The van der Waals surface area contributed by atoms with E-state index in [9.17, 15) is 4.39 Å². The predicted molar refractivity (Wildman–Crippen MR) is 60.9 cm³/mol. The van der Waals surface area contributed by atoms with Crippen LogP contribution in [0.5, 0.6) is 0 Å². The van der Waals surface area contributed by atoms with Gasteiger partial charge >= 0.3 is 0 Å². The molecule has 0 bridgehead atoms. The summed E-state index contributed by atoms with van der Waals surface area (Å²) in [5.41, 5.74) is 4.95. The summed E-state index contributed by atoms with van der Waals surface area (Å²) in [7, 11) is 0. The lowest BCUT2D eigenvalue weighted by molar-refractivity contribution is 0.485. The van der Waals surface area contributed by atoms with Crippen molar-refractivity contribution in [3.63, 3.8) is 0 Å². The lowest BCUT2D eigenvalue weighted by atomic mass is 9.99. The SMILES string of the molecule is CCCC(Cc1ccc(F)cc1C)NN. The minimum Gasteiger partial charge on any atom is -0.271 e. The number of hydrogen-bond acceptors (Lipinski definition) is 2. The first-order valence-electron chi connectivity index (χ1n) is 5.38. The molecule has 0 amide bonds. The average Bonchev–Trinajstić information content (AvgIpc) is 2.21. The van der Waals surface area contributed by atoms with Gasteiger partial charge in [0, 0.05) is 6.04 Å². The lowest BCUT2D eigenvalue weighted by Gasteiger charge is -2.16. The molecule has 1 aromatic rings. The molecule has 0 aliphatic rings. The zero-order valence-corrected chi connectivity index (χ0v) is 9.39. The van der Waals surface area contributed by atoms with E-state index in [4.69, 9.17) is 5.84 Å².